The molecular weight excluding hydrogens is 510 g/mol. The predicted molar refractivity (Wildman–Crippen MR) is 133 cm³/mol. The first-order valence-corrected chi connectivity index (χ1v) is 14.0. The zero-order chi connectivity index (χ0) is 26.5. The fourth-order valence-corrected chi connectivity index (χ4v) is 6.05. The Bertz CT molecular complexity index is 1300. The highest BCUT2D eigenvalue weighted by Gasteiger charge is 2.27. The molecular formula is C23H31N3O8S2. The van der Waals surface area contributed by atoms with Crippen molar-refractivity contribution in [1.82, 2.24) is 8.61 Å². The monoisotopic (exact) mass is 541 g/mol. The van der Waals surface area contributed by atoms with Crippen molar-refractivity contribution in [2.24, 2.45) is 0 Å². The Morgan fingerprint density at radius 2 is 1.58 bits per heavy atom. The largest absolute Gasteiger partial charge is 0.496 e. The molecule has 36 heavy (non-hydrogen) atoms. The summed E-state index contributed by atoms with van der Waals surface area (Å²) in [6.07, 6.45) is 0.186. The zero-order valence-electron chi connectivity index (χ0n) is 20.7. The molecule has 1 heterocycles. The molecule has 1 N–H and O–H groups in total. The number of methoxy groups -OCH3 is 2. The summed E-state index contributed by atoms with van der Waals surface area (Å²) in [5, 5.41) is 2.71. The lowest BCUT2D eigenvalue weighted by Gasteiger charge is -2.26. The Morgan fingerprint density at radius 3 is 2.19 bits per heavy atom. The number of carbonyl (C=O) groups excluding carboxylic acids is 1. The molecule has 11 nitrogen and oxygen atoms in total. The lowest BCUT2D eigenvalue weighted by atomic mass is 10.1. The predicted octanol–water partition coefficient (Wildman–Crippen LogP) is 1.55. The molecule has 1 amide bonds. The molecule has 1 fully saturated rings. The molecule has 0 saturated carbocycles. The molecule has 0 aliphatic carbocycles. The van der Waals surface area contributed by atoms with Gasteiger partial charge in [0.15, 0.2) is 0 Å². The second kappa shape index (κ2) is 11.6. The van der Waals surface area contributed by atoms with Crippen LogP contribution >= 0.6 is 0 Å². The van der Waals surface area contributed by atoms with Gasteiger partial charge in [0, 0.05) is 33.6 Å². The van der Waals surface area contributed by atoms with Crippen molar-refractivity contribution in [3.63, 3.8) is 0 Å². The van der Waals surface area contributed by atoms with Gasteiger partial charge >= 0.3 is 0 Å². The van der Waals surface area contributed by atoms with Crippen LogP contribution in [0.1, 0.15) is 12.0 Å². The van der Waals surface area contributed by atoms with Crippen LogP contribution in [-0.4, -0.2) is 86.0 Å². The minimum atomic E-state index is -3.77. The van der Waals surface area contributed by atoms with E-state index in [0.717, 1.165) is 4.31 Å². The molecule has 0 radical (unpaired) electrons. The van der Waals surface area contributed by atoms with Gasteiger partial charge in [-0.3, -0.25) is 4.79 Å². The average molecular weight is 542 g/mol. The lowest BCUT2D eigenvalue weighted by Crippen LogP contribution is -2.40. The molecule has 0 spiro atoms. The number of aryl methyl sites for hydroxylation is 1. The number of rotatable bonds is 10. The summed E-state index contributed by atoms with van der Waals surface area (Å²) in [6.45, 7) is 1.14. The highest BCUT2D eigenvalue weighted by atomic mass is 32.2. The van der Waals surface area contributed by atoms with Crippen LogP contribution in [0.3, 0.4) is 0 Å². The van der Waals surface area contributed by atoms with E-state index in [1.165, 1.54) is 63.0 Å². The van der Waals surface area contributed by atoms with Crippen LogP contribution in [0.25, 0.3) is 0 Å². The number of ether oxygens (including phenoxy) is 3. The van der Waals surface area contributed by atoms with Gasteiger partial charge < -0.3 is 19.5 Å². The molecule has 0 bridgehead atoms. The van der Waals surface area contributed by atoms with Gasteiger partial charge in [-0.2, -0.15) is 4.31 Å². The minimum absolute atomic E-state index is 0.00851. The van der Waals surface area contributed by atoms with Crippen molar-refractivity contribution in [2.45, 2.75) is 22.6 Å². The number of hydrogen-bond donors (Lipinski definition) is 1. The maximum absolute atomic E-state index is 13.0. The molecule has 1 saturated heterocycles. The van der Waals surface area contributed by atoms with Crippen molar-refractivity contribution < 1.29 is 35.8 Å². The normalized spacial score (nSPS) is 15.0. The van der Waals surface area contributed by atoms with Crippen LogP contribution in [-0.2, 0) is 36.0 Å². The number of anilines is 1. The maximum atomic E-state index is 13.0. The van der Waals surface area contributed by atoms with Crippen molar-refractivity contribution in [3.8, 4) is 11.5 Å². The molecule has 0 aromatic heterocycles. The van der Waals surface area contributed by atoms with Gasteiger partial charge in [0.1, 0.15) is 11.5 Å². The van der Waals surface area contributed by atoms with E-state index in [0.29, 0.717) is 30.3 Å². The first-order valence-electron chi connectivity index (χ1n) is 11.2. The minimum Gasteiger partial charge on any atom is -0.496 e. The van der Waals surface area contributed by atoms with Crippen LogP contribution in [0, 0.1) is 0 Å². The fourth-order valence-electron chi connectivity index (χ4n) is 3.66. The van der Waals surface area contributed by atoms with Crippen molar-refractivity contribution in [3.05, 3.63) is 42.0 Å². The summed E-state index contributed by atoms with van der Waals surface area (Å²) >= 11 is 0. The van der Waals surface area contributed by atoms with Crippen LogP contribution in [0.4, 0.5) is 5.69 Å². The van der Waals surface area contributed by atoms with Crippen molar-refractivity contribution >= 4 is 31.6 Å². The van der Waals surface area contributed by atoms with E-state index < -0.39 is 26.0 Å². The third-order valence-electron chi connectivity index (χ3n) is 5.70. The summed E-state index contributed by atoms with van der Waals surface area (Å²) in [5.74, 6) is 0.356. The first-order chi connectivity index (χ1) is 17.0. The van der Waals surface area contributed by atoms with E-state index in [9.17, 15) is 21.6 Å². The van der Waals surface area contributed by atoms with Crippen LogP contribution in [0.15, 0.2) is 46.2 Å². The van der Waals surface area contributed by atoms with Gasteiger partial charge in [0.25, 0.3) is 0 Å². The molecule has 3 rings (SSSR count). The standard InChI is InChI=1S/C23H31N3O8S2/c1-25(2)35(28,29)18-6-8-21(32-3)17(15-18)5-10-23(27)24-20-16-19(7-9-22(20)33-4)36(30,31)26-11-13-34-14-12-26/h6-9,15-16H,5,10-14H2,1-4H3,(H,24,27). The van der Waals surface area contributed by atoms with Crippen LogP contribution in [0.2, 0.25) is 0 Å². The lowest BCUT2D eigenvalue weighted by molar-refractivity contribution is -0.116. The average Bonchev–Trinajstić information content (AvgIpc) is 2.87. The summed E-state index contributed by atoms with van der Waals surface area (Å²) < 4.78 is 69.3. The summed E-state index contributed by atoms with van der Waals surface area (Å²) in [4.78, 5) is 12.9. The molecule has 13 heteroatoms. The van der Waals surface area contributed by atoms with Gasteiger partial charge in [-0.25, -0.2) is 21.1 Å². The number of amides is 1. The third-order valence-corrected chi connectivity index (χ3v) is 9.41. The number of hydrogen-bond acceptors (Lipinski definition) is 8. The Balaban J connectivity index is 1.79. The second-order valence-corrected chi connectivity index (χ2v) is 12.3. The van der Waals surface area contributed by atoms with Crippen LogP contribution in [0.5, 0.6) is 11.5 Å². The highest BCUT2D eigenvalue weighted by molar-refractivity contribution is 7.89. The molecule has 2 aromatic rings. The molecule has 0 atom stereocenters. The van der Waals surface area contributed by atoms with Gasteiger partial charge in [0.05, 0.1) is 42.9 Å². The molecule has 198 valence electrons. The molecule has 1 aliphatic rings. The number of nitrogens with zero attached hydrogens (tertiary/aromatic N) is 2. The van der Waals surface area contributed by atoms with E-state index in [2.05, 4.69) is 5.32 Å². The van der Waals surface area contributed by atoms with Gasteiger partial charge in [-0.1, -0.05) is 0 Å². The summed E-state index contributed by atoms with van der Waals surface area (Å²) in [6, 6.07) is 8.77. The summed E-state index contributed by atoms with van der Waals surface area (Å²) in [5.41, 5.74) is 0.763. The molecule has 0 unspecified atom stereocenters. The van der Waals surface area contributed by atoms with E-state index >= 15 is 0 Å². The van der Waals surface area contributed by atoms with E-state index in [4.69, 9.17) is 14.2 Å². The Labute approximate surface area is 212 Å². The van der Waals surface area contributed by atoms with E-state index in [-0.39, 0.29) is 41.4 Å². The van der Waals surface area contributed by atoms with E-state index in [1.807, 2.05) is 0 Å². The first kappa shape index (κ1) is 27.9. The third kappa shape index (κ3) is 6.16. The zero-order valence-corrected chi connectivity index (χ0v) is 22.3. The highest BCUT2D eigenvalue weighted by Crippen LogP contribution is 2.30. The second-order valence-electron chi connectivity index (χ2n) is 8.19. The Morgan fingerprint density at radius 1 is 0.972 bits per heavy atom. The Kier molecular flexibility index (Phi) is 8.95. The van der Waals surface area contributed by atoms with Crippen molar-refractivity contribution in [2.75, 3.05) is 59.9 Å². The van der Waals surface area contributed by atoms with Crippen LogP contribution < -0.4 is 14.8 Å². The summed E-state index contributed by atoms with van der Waals surface area (Å²) in [7, 11) is -1.67. The van der Waals surface area contributed by atoms with Gasteiger partial charge in [0.2, 0.25) is 26.0 Å². The number of morpholine rings is 1. The maximum Gasteiger partial charge on any atom is 0.243 e. The van der Waals surface area contributed by atoms with Gasteiger partial charge in [-0.15, -0.1) is 0 Å². The number of nitrogens with one attached hydrogen (secondary N) is 1. The number of sulfonamides is 2. The topological polar surface area (TPSA) is 132 Å². The Hall–Kier alpha value is -2.71. The quantitative estimate of drug-likeness (QED) is 0.479. The SMILES string of the molecule is COc1ccc(S(=O)(=O)N(C)C)cc1CCC(=O)Nc1cc(S(=O)(=O)N2CCOCC2)ccc1OC. The van der Waals surface area contributed by atoms with E-state index in [1.54, 1.807) is 6.07 Å². The number of benzene rings is 2. The smallest absolute Gasteiger partial charge is 0.243 e. The molecule has 1 aliphatic heterocycles. The molecule has 2 aromatic carbocycles. The van der Waals surface area contributed by atoms with Crippen molar-refractivity contribution in [1.29, 1.82) is 0 Å². The number of carbonyl (C=O) groups is 1. The van der Waals surface area contributed by atoms with Gasteiger partial charge in [-0.05, 0) is 48.4 Å². The fraction of sp³-hybridized carbons (Fsp3) is 0.435.